The summed E-state index contributed by atoms with van der Waals surface area (Å²) in [5, 5.41) is 12.6. The van der Waals surface area contributed by atoms with Crippen LogP contribution >= 0.6 is 22.6 Å². The van der Waals surface area contributed by atoms with Gasteiger partial charge in [0.1, 0.15) is 5.75 Å². The lowest BCUT2D eigenvalue weighted by Gasteiger charge is -2.07. The van der Waals surface area contributed by atoms with Crippen LogP contribution in [0.5, 0.6) is 5.75 Å². The summed E-state index contributed by atoms with van der Waals surface area (Å²) in [6, 6.07) is 15.5. The standard InChI is InChI=1S/C13H12INO/c14-11-4-2-5-12(8-11)15-9-10-3-1-6-13(16)7-10/h1-8,15-16H,9H2. The van der Waals surface area contributed by atoms with Crippen LogP contribution in [0, 0.1) is 3.57 Å². The van der Waals surface area contributed by atoms with Crippen molar-refractivity contribution in [3.8, 4) is 5.75 Å². The van der Waals surface area contributed by atoms with Gasteiger partial charge in [-0.3, -0.25) is 0 Å². The molecule has 0 heterocycles. The van der Waals surface area contributed by atoms with Crippen molar-refractivity contribution in [2.75, 3.05) is 5.32 Å². The zero-order valence-electron chi connectivity index (χ0n) is 8.65. The second kappa shape index (κ2) is 5.21. The highest BCUT2D eigenvalue weighted by Crippen LogP contribution is 2.15. The molecule has 2 N–H and O–H groups in total. The number of phenolic OH excluding ortho intramolecular Hbond substituents is 1. The summed E-state index contributed by atoms with van der Waals surface area (Å²) in [5.41, 5.74) is 2.16. The predicted octanol–water partition coefficient (Wildman–Crippen LogP) is 3.61. The summed E-state index contributed by atoms with van der Waals surface area (Å²) in [4.78, 5) is 0. The third-order valence-electron chi connectivity index (χ3n) is 2.23. The molecule has 0 amide bonds. The van der Waals surface area contributed by atoms with E-state index in [4.69, 9.17) is 0 Å². The second-order valence-electron chi connectivity index (χ2n) is 3.53. The van der Waals surface area contributed by atoms with Gasteiger partial charge in [0.2, 0.25) is 0 Å². The number of rotatable bonds is 3. The van der Waals surface area contributed by atoms with Gasteiger partial charge in [-0.05, 0) is 58.5 Å². The highest BCUT2D eigenvalue weighted by molar-refractivity contribution is 14.1. The third kappa shape index (κ3) is 3.13. The SMILES string of the molecule is Oc1cccc(CNc2cccc(I)c2)c1. The van der Waals surface area contributed by atoms with E-state index in [1.54, 1.807) is 12.1 Å². The van der Waals surface area contributed by atoms with E-state index in [1.165, 1.54) is 3.57 Å². The molecule has 0 aliphatic rings. The minimum Gasteiger partial charge on any atom is -0.508 e. The van der Waals surface area contributed by atoms with Crippen LogP contribution in [-0.4, -0.2) is 5.11 Å². The number of anilines is 1. The van der Waals surface area contributed by atoms with Crippen LogP contribution in [-0.2, 0) is 6.54 Å². The molecule has 0 saturated heterocycles. The maximum atomic E-state index is 9.33. The molecular weight excluding hydrogens is 313 g/mol. The molecule has 0 aliphatic carbocycles. The molecule has 82 valence electrons. The Morgan fingerprint density at radius 2 is 1.88 bits per heavy atom. The monoisotopic (exact) mass is 325 g/mol. The Bertz CT molecular complexity index is 439. The second-order valence-corrected chi connectivity index (χ2v) is 4.78. The van der Waals surface area contributed by atoms with E-state index in [9.17, 15) is 5.11 Å². The van der Waals surface area contributed by atoms with Gasteiger partial charge in [-0.2, -0.15) is 0 Å². The molecule has 0 bridgehead atoms. The van der Waals surface area contributed by atoms with Crippen molar-refractivity contribution in [2.24, 2.45) is 0 Å². The number of benzene rings is 2. The smallest absolute Gasteiger partial charge is 0.115 e. The number of phenols is 1. The van der Waals surface area contributed by atoms with E-state index >= 15 is 0 Å². The Hall–Kier alpha value is -1.23. The van der Waals surface area contributed by atoms with Gasteiger partial charge in [0.25, 0.3) is 0 Å². The molecule has 0 unspecified atom stereocenters. The van der Waals surface area contributed by atoms with E-state index in [1.807, 2.05) is 24.3 Å². The van der Waals surface area contributed by atoms with Crippen LogP contribution in [0.3, 0.4) is 0 Å². The maximum Gasteiger partial charge on any atom is 0.115 e. The van der Waals surface area contributed by atoms with E-state index < -0.39 is 0 Å². The van der Waals surface area contributed by atoms with Crippen molar-refractivity contribution in [3.05, 3.63) is 57.7 Å². The van der Waals surface area contributed by atoms with Crippen LogP contribution in [0.2, 0.25) is 0 Å². The van der Waals surface area contributed by atoms with Crippen molar-refractivity contribution >= 4 is 28.3 Å². The van der Waals surface area contributed by atoms with Gasteiger partial charge >= 0.3 is 0 Å². The fraction of sp³-hybridized carbons (Fsp3) is 0.0769. The Kier molecular flexibility index (Phi) is 3.66. The van der Waals surface area contributed by atoms with Crippen molar-refractivity contribution in [1.82, 2.24) is 0 Å². The number of aromatic hydroxyl groups is 1. The molecule has 0 spiro atoms. The Labute approximate surface area is 108 Å². The van der Waals surface area contributed by atoms with Crippen LogP contribution in [0.25, 0.3) is 0 Å². The van der Waals surface area contributed by atoms with Gasteiger partial charge in [0, 0.05) is 15.8 Å². The van der Waals surface area contributed by atoms with Gasteiger partial charge in [0.15, 0.2) is 0 Å². The lowest BCUT2D eigenvalue weighted by atomic mass is 10.2. The summed E-state index contributed by atoms with van der Waals surface area (Å²) in [6.07, 6.45) is 0. The summed E-state index contributed by atoms with van der Waals surface area (Å²) >= 11 is 2.29. The Morgan fingerprint density at radius 3 is 2.62 bits per heavy atom. The highest BCUT2D eigenvalue weighted by atomic mass is 127. The molecule has 0 aliphatic heterocycles. The molecule has 2 aromatic carbocycles. The van der Waals surface area contributed by atoms with Crippen molar-refractivity contribution in [3.63, 3.8) is 0 Å². The van der Waals surface area contributed by atoms with Gasteiger partial charge in [-0.1, -0.05) is 18.2 Å². The summed E-state index contributed by atoms with van der Waals surface area (Å²) in [7, 11) is 0. The van der Waals surface area contributed by atoms with Crippen LogP contribution in [0.4, 0.5) is 5.69 Å². The summed E-state index contributed by atoms with van der Waals surface area (Å²) < 4.78 is 1.21. The van der Waals surface area contributed by atoms with Gasteiger partial charge in [0.05, 0.1) is 0 Å². The van der Waals surface area contributed by atoms with Crippen LogP contribution < -0.4 is 5.32 Å². The van der Waals surface area contributed by atoms with Crippen molar-refractivity contribution < 1.29 is 5.11 Å². The molecule has 0 atom stereocenters. The number of hydrogen-bond donors (Lipinski definition) is 2. The predicted molar refractivity (Wildman–Crippen MR) is 74.6 cm³/mol. The minimum absolute atomic E-state index is 0.307. The molecule has 3 heteroatoms. The summed E-state index contributed by atoms with van der Waals surface area (Å²) in [5.74, 6) is 0.307. The Balaban J connectivity index is 2.02. The number of hydrogen-bond acceptors (Lipinski definition) is 2. The van der Waals surface area contributed by atoms with E-state index in [0.717, 1.165) is 11.3 Å². The first-order valence-corrected chi connectivity index (χ1v) is 6.09. The van der Waals surface area contributed by atoms with Gasteiger partial charge in [-0.15, -0.1) is 0 Å². The molecular formula is C13H12INO. The molecule has 2 nitrogen and oxygen atoms in total. The van der Waals surface area contributed by atoms with Crippen LogP contribution in [0.1, 0.15) is 5.56 Å². The average Bonchev–Trinajstić information content (AvgIpc) is 2.27. The maximum absolute atomic E-state index is 9.33. The lowest BCUT2D eigenvalue weighted by Crippen LogP contribution is -1.98. The average molecular weight is 325 g/mol. The fourth-order valence-corrected chi connectivity index (χ4v) is 2.01. The first kappa shape index (κ1) is 11.3. The minimum atomic E-state index is 0.307. The molecule has 0 radical (unpaired) electrons. The Morgan fingerprint density at radius 1 is 1.06 bits per heavy atom. The molecule has 0 saturated carbocycles. The molecule has 16 heavy (non-hydrogen) atoms. The molecule has 0 fully saturated rings. The van der Waals surface area contributed by atoms with E-state index in [2.05, 4.69) is 40.0 Å². The quantitative estimate of drug-likeness (QED) is 0.845. The number of nitrogens with one attached hydrogen (secondary N) is 1. The van der Waals surface area contributed by atoms with Gasteiger partial charge < -0.3 is 10.4 Å². The largest absolute Gasteiger partial charge is 0.508 e. The van der Waals surface area contributed by atoms with E-state index in [-0.39, 0.29) is 0 Å². The third-order valence-corrected chi connectivity index (χ3v) is 2.90. The van der Waals surface area contributed by atoms with Crippen molar-refractivity contribution in [2.45, 2.75) is 6.54 Å². The number of halogens is 1. The zero-order chi connectivity index (χ0) is 11.4. The highest BCUT2D eigenvalue weighted by Gasteiger charge is 1.96. The van der Waals surface area contributed by atoms with Crippen molar-refractivity contribution in [1.29, 1.82) is 0 Å². The van der Waals surface area contributed by atoms with E-state index in [0.29, 0.717) is 12.3 Å². The van der Waals surface area contributed by atoms with Crippen LogP contribution in [0.15, 0.2) is 48.5 Å². The molecule has 2 aromatic rings. The molecule has 2 rings (SSSR count). The zero-order valence-corrected chi connectivity index (χ0v) is 10.8. The first-order valence-electron chi connectivity index (χ1n) is 5.01. The lowest BCUT2D eigenvalue weighted by molar-refractivity contribution is 0.474. The summed E-state index contributed by atoms with van der Waals surface area (Å²) in [6.45, 7) is 0.717. The molecule has 0 aromatic heterocycles. The normalized spacial score (nSPS) is 10.1. The van der Waals surface area contributed by atoms with Gasteiger partial charge in [-0.25, -0.2) is 0 Å². The fourth-order valence-electron chi connectivity index (χ4n) is 1.47. The topological polar surface area (TPSA) is 32.3 Å². The first-order chi connectivity index (χ1) is 7.74.